The van der Waals surface area contributed by atoms with Gasteiger partial charge in [0.1, 0.15) is 11.6 Å². The first-order valence-electron chi connectivity index (χ1n) is 8.36. The Morgan fingerprint density at radius 2 is 1.69 bits per heavy atom. The van der Waals surface area contributed by atoms with Crippen LogP contribution in [0.3, 0.4) is 0 Å². The number of amides is 1. The van der Waals surface area contributed by atoms with Crippen LogP contribution in [0.5, 0.6) is 0 Å². The molecule has 0 radical (unpaired) electrons. The van der Waals surface area contributed by atoms with Gasteiger partial charge in [-0.05, 0) is 12.8 Å². The minimum absolute atomic E-state index is 0.124. The zero-order chi connectivity index (χ0) is 19.1. The van der Waals surface area contributed by atoms with E-state index < -0.39 is 5.97 Å². The summed E-state index contributed by atoms with van der Waals surface area (Å²) in [6.07, 6.45) is 5.68. The Balaban J connectivity index is 0.000000209. The second-order valence-electron chi connectivity index (χ2n) is 6.31. The fourth-order valence-corrected chi connectivity index (χ4v) is 2.82. The van der Waals surface area contributed by atoms with Crippen molar-refractivity contribution < 1.29 is 24.3 Å². The summed E-state index contributed by atoms with van der Waals surface area (Å²) < 4.78 is 0. The van der Waals surface area contributed by atoms with E-state index in [0.29, 0.717) is 44.2 Å². The van der Waals surface area contributed by atoms with E-state index >= 15 is 0 Å². The molecule has 0 atom stereocenters. The Hall–Kier alpha value is -2.35. The zero-order valence-corrected chi connectivity index (χ0v) is 14.9. The molecule has 2 N–H and O–H groups in total. The molecule has 26 heavy (non-hydrogen) atoms. The van der Waals surface area contributed by atoms with Gasteiger partial charge in [-0.15, -0.1) is 0 Å². The standard InChI is InChI=1S/C10H10ClN3O2.C7H10O3/c11-9-8(12-1-2-13-9)5-14-10(16)6-3-7(15)4-6;8-6-3-1-5(2-4-6)7(9)10/h1-2,6H,3-5H2,(H,14,16);5H,1-4H2,(H,9,10). The molecule has 3 rings (SSSR count). The molecule has 8 nitrogen and oxygen atoms in total. The van der Waals surface area contributed by atoms with Crippen molar-refractivity contribution in [3.63, 3.8) is 0 Å². The number of aromatic nitrogens is 2. The van der Waals surface area contributed by atoms with Crippen LogP contribution in [0.15, 0.2) is 12.4 Å². The molecule has 1 aromatic rings. The highest BCUT2D eigenvalue weighted by Crippen LogP contribution is 2.23. The van der Waals surface area contributed by atoms with E-state index in [1.54, 1.807) is 0 Å². The van der Waals surface area contributed by atoms with E-state index in [1.807, 2.05) is 0 Å². The van der Waals surface area contributed by atoms with Crippen molar-refractivity contribution in [2.45, 2.75) is 45.1 Å². The van der Waals surface area contributed by atoms with E-state index in [1.165, 1.54) is 12.4 Å². The Morgan fingerprint density at radius 1 is 1.08 bits per heavy atom. The average molecular weight is 382 g/mol. The lowest BCUT2D eigenvalue weighted by molar-refractivity contribution is -0.143. The highest BCUT2D eigenvalue weighted by Gasteiger charge is 2.32. The number of carbonyl (C=O) groups excluding carboxylic acids is 3. The van der Waals surface area contributed by atoms with Gasteiger partial charge in [0.05, 0.1) is 24.1 Å². The van der Waals surface area contributed by atoms with Crippen LogP contribution in [0.2, 0.25) is 5.15 Å². The number of nitrogens with one attached hydrogen (secondary N) is 1. The molecular formula is C17H20ClN3O5. The smallest absolute Gasteiger partial charge is 0.306 e. The number of halogens is 1. The van der Waals surface area contributed by atoms with Crippen molar-refractivity contribution in [1.82, 2.24) is 15.3 Å². The number of carboxylic acid groups (broad SMARTS) is 1. The molecule has 0 aliphatic heterocycles. The number of ketones is 2. The van der Waals surface area contributed by atoms with Gasteiger partial charge >= 0.3 is 5.97 Å². The molecule has 0 unspecified atom stereocenters. The van der Waals surface area contributed by atoms with Crippen molar-refractivity contribution in [3.8, 4) is 0 Å². The first kappa shape index (κ1) is 20.0. The maximum Gasteiger partial charge on any atom is 0.306 e. The van der Waals surface area contributed by atoms with Crippen molar-refractivity contribution in [1.29, 1.82) is 0 Å². The summed E-state index contributed by atoms with van der Waals surface area (Å²) >= 11 is 5.78. The van der Waals surface area contributed by atoms with Crippen LogP contribution in [0.25, 0.3) is 0 Å². The lowest BCUT2D eigenvalue weighted by Crippen LogP contribution is -2.38. The molecule has 1 heterocycles. The summed E-state index contributed by atoms with van der Waals surface area (Å²) in [5.41, 5.74) is 0.531. The molecule has 2 saturated carbocycles. The van der Waals surface area contributed by atoms with Crippen LogP contribution in [0.4, 0.5) is 0 Å². The molecule has 1 amide bonds. The summed E-state index contributed by atoms with van der Waals surface area (Å²) in [5.74, 6) is -0.982. The Bertz CT molecular complexity index is 691. The van der Waals surface area contributed by atoms with Crippen LogP contribution in [-0.2, 0) is 25.7 Å². The second-order valence-corrected chi connectivity index (χ2v) is 6.66. The maximum absolute atomic E-state index is 11.5. The SMILES string of the molecule is O=C1CC(C(=O)NCc2nccnc2Cl)C1.O=C1CCC(C(=O)O)CC1. The fourth-order valence-electron chi connectivity index (χ4n) is 2.65. The largest absolute Gasteiger partial charge is 0.481 e. The van der Waals surface area contributed by atoms with Gasteiger partial charge in [0.15, 0.2) is 5.15 Å². The van der Waals surface area contributed by atoms with Gasteiger partial charge in [-0.25, -0.2) is 4.98 Å². The molecule has 9 heteroatoms. The van der Waals surface area contributed by atoms with E-state index in [-0.39, 0.29) is 41.0 Å². The van der Waals surface area contributed by atoms with Gasteiger partial charge in [-0.1, -0.05) is 11.6 Å². The summed E-state index contributed by atoms with van der Waals surface area (Å²) in [6, 6.07) is 0. The predicted octanol–water partition coefficient (Wildman–Crippen LogP) is 1.56. The second kappa shape index (κ2) is 9.38. The highest BCUT2D eigenvalue weighted by molar-refractivity contribution is 6.30. The van der Waals surface area contributed by atoms with Crippen molar-refractivity contribution >= 4 is 35.0 Å². The van der Waals surface area contributed by atoms with Gasteiger partial charge in [0, 0.05) is 38.1 Å². The third kappa shape index (κ3) is 5.87. The van der Waals surface area contributed by atoms with E-state index in [9.17, 15) is 19.2 Å². The van der Waals surface area contributed by atoms with E-state index in [2.05, 4.69) is 15.3 Å². The number of carboxylic acids is 1. The molecule has 0 bridgehead atoms. The van der Waals surface area contributed by atoms with Crippen LogP contribution in [0, 0.1) is 11.8 Å². The van der Waals surface area contributed by atoms with Gasteiger partial charge in [0.25, 0.3) is 0 Å². The molecule has 0 aromatic carbocycles. The first-order valence-corrected chi connectivity index (χ1v) is 8.74. The Labute approximate surface area is 155 Å². The number of carbonyl (C=O) groups is 4. The predicted molar refractivity (Wildman–Crippen MR) is 91.2 cm³/mol. The van der Waals surface area contributed by atoms with Gasteiger partial charge < -0.3 is 10.4 Å². The molecule has 2 aliphatic rings. The first-order chi connectivity index (χ1) is 12.4. The number of rotatable bonds is 4. The summed E-state index contributed by atoms with van der Waals surface area (Å²) in [7, 11) is 0. The van der Waals surface area contributed by atoms with Crippen LogP contribution in [0.1, 0.15) is 44.2 Å². The molecule has 1 aromatic heterocycles. The fraction of sp³-hybridized carbons (Fsp3) is 0.529. The zero-order valence-electron chi connectivity index (χ0n) is 14.1. The number of Topliss-reactive ketones (excluding diaryl/α,β-unsaturated/α-hetero) is 2. The normalized spacial score (nSPS) is 17.7. The number of hydrogen-bond donors (Lipinski definition) is 2. The minimum Gasteiger partial charge on any atom is -0.481 e. The van der Waals surface area contributed by atoms with Crippen molar-refractivity contribution in [3.05, 3.63) is 23.2 Å². The van der Waals surface area contributed by atoms with E-state index in [4.69, 9.17) is 16.7 Å². The van der Waals surface area contributed by atoms with Crippen molar-refractivity contribution in [2.24, 2.45) is 11.8 Å². The molecule has 2 aliphatic carbocycles. The highest BCUT2D eigenvalue weighted by atomic mass is 35.5. The van der Waals surface area contributed by atoms with Crippen LogP contribution in [-0.4, -0.2) is 38.5 Å². The van der Waals surface area contributed by atoms with Gasteiger partial charge in [-0.2, -0.15) is 0 Å². The minimum atomic E-state index is -0.757. The van der Waals surface area contributed by atoms with E-state index in [0.717, 1.165) is 0 Å². The number of hydrogen-bond acceptors (Lipinski definition) is 6. The maximum atomic E-state index is 11.5. The van der Waals surface area contributed by atoms with Gasteiger partial charge in [-0.3, -0.25) is 24.2 Å². The molecule has 140 valence electrons. The molecular weight excluding hydrogens is 362 g/mol. The lowest BCUT2D eigenvalue weighted by Gasteiger charge is -2.22. The number of nitrogens with zero attached hydrogens (tertiary/aromatic N) is 2. The Kier molecular flexibility index (Phi) is 7.20. The summed E-state index contributed by atoms with van der Waals surface area (Å²) in [4.78, 5) is 51.0. The van der Waals surface area contributed by atoms with Crippen LogP contribution < -0.4 is 5.32 Å². The van der Waals surface area contributed by atoms with Crippen molar-refractivity contribution in [2.75, 3.05) is 0 Å². The quantitative estimate of drug-likeness (QED) is 0.810. The number of aliphatic carboxylic acids is 1. The average Bonchev–Trinajstić information content (AvgIpc) is 2.59. The molecule has 2 fully saturated rings. The molecule has 0 saturated heterocycles. The van der Waals surface area contributed by atoms with Crippen LogP contribution >= 0.6 is 11.6 Å². The third-order valence-corrected chi connectivity index (χ3v) is 4.68. The summed E-state index contributed by atoms with van der Waals surface area (Å²) in [6.45, 7) is 0.246. The Morgan fingerprint density at radius 3 is 2.23 bits per heavy atom. The van der Waals surface area contributed by atoms with Gasteiger partial charge in [0.2, 0.25) is 5.91 Å². The summed E-state index contributed by atoms with van der Waals surface area (Å²) in [5, 5.41) is 11.5. The third-order valence-electron chi connectivity index (χ3n) is 4.36. The monoisotopic (exact) mass is 381 g/mol. The lowest BCUT2D eigenvalue weighted by atomic mass is 9.83. The topological polar surface area (TPSA) is 126 Å². The molecule has 0 spiro atoms.